The van der Waals surface area contributed by atoms with Gasteiger partial charge in [0.2, 0.25) is 0 Å². The van der Waals surface area contributed by atoms with Gasteiger partial charge in [-0.3, -0.25) is 14.9 Å². The summed E-state index contributed by atoms with van der Waals surface area (Å²) in [5.74, 6) is 0.168. The molecule has 0 radical (unpaired) electrons. The highest BCUT2D eigenvalue weighted by atomic mass is 16.6. The highest BCUT2D eigenvalue weighted by Gasteiger charge is 2.26. The van der Waals surface area contributed by atoms with Crippen molar-refractivity contribution in [1.82, 2.24) is 9.47 Å². The first-order chi connectivity index (χ1) is 9.02. The summed E-state index contributed by atoms with van der Waals surface area (Å²) in [6.45, 7) is 1.89. The summed E-state index contributed by atoms with van der Waals surface area (Å²) in [5, 5.41) is 10.7. The molecular formula is C12H18N4O3. The maximum Gasteiger partial charge on any atom is 0.287 e. The van der Waals surface area contributed by atoms with E-state index < -0.39 is 4.92 Å². The third-order valence-corrected chi connectivity index (χ3v) is 3.56. The normalized spacial score (nSPS) is 19.5. The first kappa shape index (κ1) is 13.5. The smallest absolute Gasteiger partial charge is 0.287 e. The zero-order chi connectivity index (χ0) is 14.0. The number of hydrogen-bond acceptors (Lipinski definition) is 4. The van der Waals surface area contributed by atoms with Gasteiger partial charge >= 0.3 is 0 Å². The van der Waals surface area contributed by atoms with Gasteiger partial charge in [0.05, 0.1) is 11.1 Å². The molecule has 1 aliphatic rings. The molecule has 7 heteroatoms. The van der Waals surface area contributed by atoms with E-state index in [0.29, 0.717) is 31.2 Å². The summed E-state index contributed by atoms with van der Waals surface area (Å²) in [6, 6.07) is 1.33. The van der Waals surface area contributed by atoms with Gasteiger partial charge in [0.15, 0.2) is 0 Å². The lowest BCUT2D eigenvalue weighted by Crippen LogP contribution is -2.42. The summed E-state index contributed by atoms with van der Waals surface area (Å²) >= 11 is 0. The van der Waals surface area contributed by atoms with Gasteiger partial charge in [-0.1, -0.05) is 0 Å². The van der Waals surface area contributed by atoms with Crippen molar-refractivity contribution in [1.29, 1.82) is 0 Å². The number of carbonyl (C=O) groups is 1. The molecule has 1 aliphatic heterocycles. The van der Waals surface area contributed by atoms with E-state index in [9.17, 15) is 14.9 Å². The van der Waals surface area contributed by atoms with Crippen LogP contribution in [0.25, 0.3) is 0 Å². The minimum absolute atomic E-state index is 0.0572. The van der Waals surface area contributed by atoms with Crippen LogP contribution in [0, 0.1) is 16.0 Å². The molecular weight excluding hydrogens is 248 g/mol. The van der Waals surface area contributed by atoms with Crippen LogP contribution in [-0.4, -0.2) is 39.9 Å². The Kier molecular flexibility index (Phi) is 3.84. The maximum atomic E-state index is 12.4. The number of nitrogens with two attached hydrogens (primary N) is 1. The van der Waals surface area contributed by atoms with E-state index in [1.165, 1.54) is 16.8 Å². The molecule has 0 saturated carbocycles. The van der Waals surface area contributed by atoms with Gasteiger partial charge in [0, 0.05) is 26.2 Å². The molecule has 1 amide bonds. The van der Waals surface area contributed by atoms with Gasteiger partial charge in [-0.25, -0.2) is 0 Å². The van der Waals surface area contributed by atoms with Crippen LogP contribution in [0.4, 0.5) is 5.69 Å². The lowest BCUT2D eigenvalue weighted by molar-refractivity contribution is -0.384. The van der Waals surface area contributed by atoms with Crippen LogP contribution >= 0.6 is 0 Å². The molecule has 0 aliphatic carbocycles. The molecule has 0 bridgehead atoms. The first-order valence-corrected chi connectivity index (χ1v) is 6.33. The zero-order valence-corrected chi connectivity index (χ0v) is 10.9. The molecule has 1 aromatic rings. The fraction of sp³-hybridized carbons (Fsp3) is 0.583. The number of aryl methyl sites for hydroxylation is 1. The van der Waals surface area contributed by atoms with Gasteiger partial charge < -0.3 is 15.2 Å². The second-order valence-electron chi connectivity index (χ2n) is 4.95. The minimum Gasteiger partial charge on any atom is -0.340 e. The lowest BCUT2D eigenvalue weighted by Gasteiger charge is -2.32. The summed E-state index contributed by atoms with van der Waals surface area (Å²) in [6.07, 6.45) is 3.32. The topological polar surface area (TPSA) is 94.4 Å². The molecule has 1 fully saturated rings. The Bertz CT molecular complexity index is 497. The van der Waals surface area contributed by atoms with Gasteiger partial charge in [-0.15, -0.1) is 0 Å². The predicted molar refractivity (Wildman–Crippen MR) is 69.7 cm³/mol. The fourth-order valence-corrected chi connectivity index (χ4v) is 2.46. The molecule has 0 spiro atoms. The van der Waals surface area contributed by atoms with E-state index in [4.69, 9.17) is 5.73 Å². The maximum absolute atomic E-state index is 12.4. The Morgan fingerprint density at radius 3 is 2.95 bits per heavy atom. The largest absolute Gasteiger partial charge is 0.340 e. The number of aromatic nitrogens is 1. The third-order valence-electron chi connectivity index (χ3n) is 3.56. The monoisotopic (exact) mass is 266 g/mol. The van der Waals surface area contributed by atoms with Gasteiger partial charge in [-0.2, -0.15) is 0 Å². The molecule has 2 rings (SSSR count). The standard InChI is InChI=1S/C12H18N4O3/c1-14-8-10(16(18)19)5-11(14)12(17)15-4-2-3-9(6-13)7-15/h5,8-9H,2-4,6-7,13H2,1H3. The van der Waals surface area contributed by atoms with E-state index >= 15 is 0 Å². The molecule has 1 unspecified atom stereocenters. The van der Waals surface area contributed by atoms with E-state index in [0.717, 1.165) is 12.8 Å². The van der Waals surface area contributed by atoms with Crippen molar-refractivity contribution in [3.05, 3.63) is 28.1 Å². The summed E-state index contributed by atoms with van der Waals surface area (Å²) in [4.78, 5) is 24.3. The Balaban J connectivity index is 2.17. The Morgan fingerprint density at radius 1 is 1.63 bits per heavy atom. The first-order valence-electron chi connectivity index (χ1n) is 6.33. The molecule has 1 aromatic heterocycles. The van der Waals surface area contributed by atoms with E-state index in [-0.39, 0.29) is 11.6 Å². The third kappa shape index (κ3) is 2.76. The van der Waals surface area contributed by atoms with Crippen molar-refractivity contribution in [3.8, 4) is 0 Å². The number of amides is 1. The summed E-state index contributed by atoms with van der Waals surface area (Å²) in [7, 11) is 1.64. The lowest BCUT2D eigenvalue weighted by atomic mass is 9.98. The van der Waals surface area contributed by atoms with Crippen molar-refractivity contribution in [3.63, 3.8) is 0 Å². The Hall–Kier alpha value is -1.89. The highest BCUT2D eigenvalue weighted by molar-refractivity contribution is 5.93. The van der Waals surface area contributed by atoms with Crippen LogP contribution < -0.4 is 5.73 Å². The number of carbonyl (C=O) groups excluding carboxylic acids is 1. The van der Waals surface area contributed by atoms with Crippen LogP contribution in [0.5, 0.6) is 0 Å². The van der Waals surface area contributed by atoms with Crippen molar-refractivity contribution < 1.29 is 9.72 Å². The van der Waals surface area contributed by atoms with Gasteiger partial charge in [0.1, 0.15) is 5.69 Å². The number of likely N-dealkylation sites (tertiary alicyclic amines) is 1. The van der Waals surface area contributed by atoms with Crippen molar-refractivity contribution in [2.75, 3.05) is 19.6 Å². The number of rotatable bonds is 3. The van der Waals surface area contributed by atoms with Gasteiger partial charge in [-0.05, 0) is 25.3 Å². The average Bonchev–Trinajstić information content (AvgIpc) is 2.80. The average molecular weight is 266 g/mol. The van der Waals surface area contributed by atoms with E-state index in [2.05, 4.69) is 0 Å². The van der Waals surface area contributed by atoms with Crippen molar-refractivity contribution in [2.45, 2.75) is 12.8 Å². The molecule has 2 N–H and O–H groups in total. The second-order valence-corrected chi connectivity index (χ2v) is 4.95. The highest BCUT2D eigenvalue weighted by Crippen LogP contribution is 2.21. The number of piperidine rings is 1. The second kappa shape index (κ2) is 5.40. The minimum atomic E-state index is -0.490. The number of nitro groups is 1. The van der Waals surface area contributed by atoms with E-state index in [1.54, 1.807) is 11.9 Å². The summed E-state index contributed by atoms with van der Waals surface area (Å²) in [5.41, 5.74) is 5.94. The molecule has 19 heavy (non-hydrogen) atoms. The fourth-order valence-electron chi connectivity index (χ4n) is 2.46. The van der Waals surface area contributed by atoms with Gasteiger partial charge in [0.25, 0.3) is 11.6 Å². The van der Waals surface area contributed by atoms with Crippen LogP contribution in [0.3, 0.4) is 0 Å². The summed E-state index contributed by atoms with van der Waals surface area (Å²) < 4.78 is 1.51. The van der Waals surface area contributed by atoms with Crippen LogP contribution in [0.15, 0.2) is 12.3 Å². The van der Waals surface area contributed by atoms with Crippen molar-refractivity contribution in [2.24, 2.45) is 18.7 Å². The molecule has 2 heterocycles. The molecule has 1 saturated heterocycles. The SMILES string of the molecule is Cn1cc([N+](=O)[O-])cc1C(=O)N1CCCC(CN)C1. The van der Waals surface area contributed by atoms with Crippen molar-refractivity contribution >= 4 is 11.6 Å². The predicted octanol–water partition coefficient (Wildman–Crippen LogP) is 0.744. The quantitative estimate of drug-likeness (QED) is 0.645. The Labute approximate surface area is 111 Å². The molecule has 104 valence electrons. The van der Waals surface area contributed by atoms with E-state index in [1.807, 2.05) is 0 Å². The molecule has 7 nitrogen and oxygen atoms in total. The van der Waals surface area contributed by atoms with Crippen LogP contribution in [0.2, 0.25) is 0 Å². The van der Waals surface area contributed by atoms with Crippen LogP contribution in [0.1, 0.15) is 23.3 Å². The Morgan fingerprint density at radius 2 is 2.37 bits per heavy atom. The number of nitrogens with zero attached hydrogens (tertiary/aromatic N) is 3. The van der Waals surface area contributed by atoms with Crippen LogP contribution in [-0.2, 0) is 7.05 Å². The molecule has 1 atom stereocenters. The zero-order valence-electron chi connectivity index (χ0n) is 10.9. The molecule has 0 aromatic carbocycles. The number of hydrogen-bond donors (Lipinski definition) is 1.